The fourth-order valence-electron chi connectivity index (χ4n) is 3.00. The Hall–Kier alpha value is -1.46. The Morgan fingerprint density at radius 2 is 2.32 bits per heavy atom. The quantitative estimate of drug-likeness (QED) is 0.873. The van der Waals surface area contributed by atoms with Crippen LogP contribution in [0.5, 0.6) is 11.5 Å². The maximum Gasteiger partial charge on any atom is 0.258 e. The number of methoxy groups -OCH3 is 1. The number of hydrogen-bond acceptors (Lipinski definition) is 4. The van der Waals surface area contributed by atoms with Gasteiger partial charge in [0.05, 0.1) is 12.1 Å². The number of amides is 1. The zero-order valence-corrected chi connectivity index (χ0v) is 14.0. The van der Waals surface area contributed by atoms with Crippen LogP contribution in [0.4, 0.5) is 0 Å². The second-order valence-electron chi connectivity index (χ2n) is 5.57. The molecule has 1 amide bonds. The molecule has 0 radical (unpaired) electrons. The van der Waals surface area contributed by atoms with Crippen molar-refractivity contribution in [3.63, 3.8) is 0 Å². The molecule has 2 N–H and O–H groups in total. The van der Waals surface area contributed by atoms with Gasteiger partial charge in [0.25, 0.3) is 5.91 Å². The predicted octanol–water partition coefficient (Wildman–Crippen LogP) is 2.58. The van der Waals surface area contributed by atoms with Crippen molar-refractivity contribution in [3.8, 4) is 11.5 Å². The average Bonchev–Trinajstić information content (AvgIpc) is 2.95. The molecule has 1 heterocycles. The van der Waals surface area contributed by atoms with Gasteiger partial charge >= 0.3 is 0 Å². The normalized spacial score (nSPS) is 18.5. The standard InChI is InChI=1S/C16H23ClN2O3/c1-4-19-7-5-6-11(19)9-18-16(21)13-14(20)10(2)8-12(17)15(13)22-3/h8,11,20H,4-7,9H2,1-3H3,(H,18,21)/t11-/m0/s1. The van der Waals surface area contributed by atoms with Gasteiger partial charge in [0.1, 0.15) is 11.3 Å². The number of nitrogens with zero attached hydrogens (tertiary/aromatic N) is 1. The fourth-order valence-corrected chi connectivity index (χ4v) is 3.34. The van der Waals surface area contributed by atoms with Crippen molar-refractivity contribution in [2.75, 3.05) is 26.7 Å². The lowest BCUT2D eigenvalue weighted by Crippen LogP contribution is -2.40. The van der Waals surface area contributed by atoms with Crippen molar-refractivity contribution in [2.45, 2.75) is 32.7 Å². The summed E-state index contributed by atoms with van der Waals surface area (Å²) >= 11 is 6.10. The van der Waals surface area contributed by atoms with Gasteiger partial charge in [-0.05, 0) is 44.5 Å². The van der Waals surface area contributed by atoms with Crippen molar-refractivity contribution in [1.82, 2.24) is 10.2 Å². The smallest absolute Gasteiger partial charge is 0.258 e. The van der Waals surface area contributed by atoms with E-state index in [9.17, 15) is 9.90 Å². The summed E-state index contributed by atoms with van der Waals surface area (Å²) in [6.45, 7) is 6.43. The molecule has 122 valence electrons. The second-order valence-corrected chi connectivity index (χ2v) is 5.97. The first kappa shape index (κ1) is 16.9. The molecule has 0 aromatic heterocycles. The third-order valence-electron chi connectivity index (χ3n) is 4.23. The molecule has 5 nitrogen and oxygen atoms in total. The van der Waals surface area contributed by atoms with Crippen LogP contribution in [0.3, 0.4) is 0 Å². The number of rotatable bonds is 5. The Morgan fingerprint density at radius 1 is 1.59 bits per heavy atom. The minimum atomic E-state index is -0.358. The molecule has 0 bridgehead atoms. The monoisotopic (exact) mass is 326 g/mol. The fraction of sp³-hybridized carbons (Fsp3) is 0.562. The van der Waals surface area contributed by atoms with Crippen molar-refractivity contribution in [3.05, 3.63) is 22.2 Å². The molecule has 0 unspecified atom stereocenters. The number of benzene rings is 1. The number of phenolic OH excluding ortho intramolecular Hbond substituents is 1. The van der Waals surface area contributed by atoms with E-state index in [-0.39, 0.29) is 23.0 Å². The van der Waals surface area contributed by atoms with Gasteiger partial charge in [-0.3, -0.25) is 9.69 Å². The Kier molecular flexibility index (Phi) is 5.53. The first-order valence-corrected chi connectivity index (χ1v) is 7.95. The lowest BCUT2D eigenvalue weighted by Gasteiger charge is -2.23. The number of carbonyl (C=O) groups excluding carboxylic acids is 1. The minimum absolute atomic E-state index is 0.0856. The summed E-state index contributed by atoms with van der Waals surface area (Å²) in [6.07, 6.45) is 2.23. The number of halogens is 1. The summed E-state index contributed by atoms with van der Waals surface area (Å²) in [4.78, 5) is 14.8. The summed E-state index contributed by atoms with van der Waals surface area (Å²) in [6, 6.07) is 1.94. The van der Waals surface area contributed by atoms with Gasteiger partial charge in [0, 0.05) is 12.6 Å². The summed E-state index contributed by atoms with van der Waals surface area (Å²) in [7, 11) is 1.43. The Balaban J connectivity index is 2.16. The molecule has 22 heavy (non-hydrogen) atoms. The van der Waals surface area contributed by atoms with E-state index in [4.69, 9.17) is 16.3 Å². The third kappa shape index (κ3) is 3.31. The number of nitrogens with one attached hydrogen (secondary N) is 1. The molecular weight excluding hydrogens is 304 g/mol. The summed E-state index contributed by atoms with van der Waals surface area (Å²) in [5.41, 5.74) is 0.653. The highest BCUT2D eigenvalue weighted by atomic mass is 35.5. The summed E-state index contributed by atoms with van der Waals surface area (Å²) < 4.78 is 5.18. The van der Waals surface area contributed by atoms with E-state index in [2.05, 4.69) is 17.1 Å². The molecular formula is C16H23ClN2O3. The molecule has 0 saturated carbocycles. The highest BCUT2D eigenvalue weighted by Crippen LogP contribution is 2.37. The highest BCUT2D eigenvalue weighted by Gasteiger charge is 2.26. The Morgan fingerprint density at radius 3 is 2.95 bits per heavy atom. The van der Waals surface area contributed by atoms with Crippen molar-refractivity contribution in [2.24, 2.45) is 0 Å². The van der Waals surface area contributed by atoms with Gasteiger partial charge in [-0.15, -0.1) is 0 Å². The van der Waals surface area contributed by atoms with Crippen LogP contribution in [0.25, 0.3) is 0 Å². The largest absolute Gasteiger partial charge is 0.507 e. The van der Waals surface area contributed by atoms with Crippen molar-refractivity contribution < 1.29 is 14.6 Å². The zero-order chi connectivity index (χ0) is 16.3. The third-order valence-corrected chi connectivity index (χ3v) is 4.51. The van der Waals surface area contributed by atoms with Crippen LogP contribution >= 0.6 is 11.6 Å². The number of aromatic hydroxyl groups is 1. The number of likely N-dealkylation sites (tertiary alicyclic amines) is 1. The molecule has 0 aliphatic carbocycles. The molecule has 1 saturated heterocycles. The van der Waals surface area contributed by atoms with Gasteiger partial charge in [0.15, 0.2) is 5.75 Å². The minimum Gasteiger partial charge on any atom is -0.507 e. The summed E-state index contributed by atoms with van der Waals surface area (Å²) in [5.74, 6) is -0.235. The van der Waals surface area contributed by atoms with E-state index in [1.165, 1.54) is 7.11 Å². The van der Waals surface area contributed by atoms with Crippen LogP contribution in [0, 0.1) is 6.92 Å². The van der Waals surface area contributed by atoms with Crippen LogP contribution in [-0.4, -0.2) is 48.7 Å². The molecule has 0 spiro atoms. The Bertz CT molecular complexity index is 563. The molecule has 2 rings (SSSR count). The van der Waals surface area contributed by atoms with E-state index in [0.29, 0.717) is 23.2 Å². The number of likely N-dealkylation sites (N-methyl/N-ethyl adjacent to an activating group) is 1. The van der Waals surface area contributed by atoms with Crippen molar-refractivity contribution in [1.29, 1.82) is 0 Å². The van der Waals surface area contributed by atoms with E-state index in [1.807, 2.05) is 0 Å². The zero-order valence-electron chi connectivity index (χ0n) is 13.3. The van der Waals surface area contributed by atoms with E-state index >= 15 is 0 Å². The SMILES string of the molecule is CCN1CCC[C@H]1CNC(=O)c1c(O)c(C)cc(Cl)c1OC. The average molecular weight is 327 g/mol. The van der Waals surface area contributed by atoms with E-state index in [1.54, 1.807) is 13.0 Å². The van der Waals surface area contributed by atoms with Gasteiger partial charge in [0.2, 0.25) is 0 Å². The topological polar surface area (TPSA) is 61.8 Å². The van der Waals surface area contributed by atoms with E-state index in [0.717, 1.165) is 25.9 Å². The molecule has 1 fully saturated rings. The number of hydrogen-bond donors (Lipinski definition) is 2. The van der Waals surface area contributed by atoms with Gasteiger partial charge in [-0.2, -0.15) is 0 Å². The molecule has 1 aliphatic rings. The van der Waals surface area contributed by atoms with Gasteiger partial charge in [-0.25, -0.2) is 0 Å². The molecule has 1 aromatic carbocycles. The van der Waals surface area contributed by atoms with Crippen LogP contribution in [0.1, 0.15) is 35.7 Å². The van der Waals surface area contributed by atoms with Gasteiger partial charge < -0.3 is 15.2 Å². The lowest BCUT2D eigenvalue weighted by atomic mass is 10.1. The summed E-state index contributed by atoms with van der Waals surface area (Å²) in [5, 5.41) is 13.4. The maximum absolute atomic E-state index is 12.5. The second kappa shape index (κ2) is 7.20. The Labute approximate surface area is 136 Å². The first-order valence-electron chi connectivity index (χ1n) is 7.57. The predicted molar refractivity (Wildman–Crippen MR) is 87.0 cm³/mol. The molecule has 1 aromatic rings. The maximum atomic E-state index is 12.5. The molecule has 1 aliphatic heterocycles. The number of phenols is 1. The first-order chi connectivity index (χ1) is 10.5. The molecule has 1 atom stereocenters. The van der Waals surface area contributed by atoms with Crippen LogP contribution in [0.15, 0.2) is 6.07 Å². The lowest BCUT2D eigenvalue weighted by molar-refractivity contribution is 0.0935. The van der Waals surface area contributed by atoms with Crippen molar-refractivity contribution >= 4 is 17.5 Å². The van der Waals surface area contributed by atoms with Crippen LogP contribution in [-0.2, 0) is 0 Å². The molecule has 6 heteroatoms. The van der Waals surface area contributed by atoms with Gasteiger partial charge in [-0.1, -0.05) is 18.5 Å². The van der Waals surface area contributed by atoms with Crippen LogP contribution in [0.2, 0.25) is 5.02 Å². The number of ether oxygens (including phenoxy) is 1. The highest BCUT2D eigenvalue weighted by molar-refractivity contribution is 6.33. The van der Waals surface area contributed by atoms with E-state index < -0.39 is 0 Å². The number of carbonyl (C=O) groups is 1. The van der Waals surface area contributed by atoms with Crippen LogP contribution < -0.4 is 10.1 Å². The number of aryl methyl sites for hydroxylation is 1.